The molecule has 5 heteroatoms. The SMILES string of the molecule is CNC(=O)CCCOC(=O)c1cccc(N)c1. The van der Waals surface area contributed by atoms with Crippen LogP contribution in [0.1, 0.15) is 23.2 Å². The molecule has 0 aliphatic rings. The third kappa shape index (κ3) is 4.55. The van der Waals surface area contributed by atoms with Gasteiger partial charge in [-0.3, -0.25) is 4.79 Å². The quantitative estimate of drug-likeness (QED) is 0.453. The van der Waals surface area contributed by atoms with Gasteiger partial charge in [0.2, 0.25) is 5.91 Å². The number of nitrogens with two attached hydrogens (primary N) is 1. The zero-order valence-electron chi connectivity index (χ0n) is 9.73. The van der Waals surface area contributed by atoms with Gasteiger partial charge in [-0.25, -0.2) is 4.79 Å². The number of amides is 1. The Labute approximate surface area is 99.9 Å². The van der Waals surface area contributed by atoms with Gasteiger partial charge in [0, 0.05) is 19.2 Å². The van der Waals surface area contributed by atoms with Crippen molar-refractivity contribution in [1.82, 2.24) is 5.32 Å². The molecule has 3 N–H and O–H groups in total. The molecule has 0 fully saturated rings. The van der Waals surface area contributed by atoms with E-state index in [9.17, 15) is 9.59 Å². The minimum absolute atomic E-state index is 0.0648. The van der Waals surface area contributed by atoms with E-state index in [0.29, 0.717) is 24.1 Å². The Morgan fingerprint density at radius 2 is 2.18 bits per heavy atom. The molecule has 0 aliphatic heterocycles. The van der Waals surface area contributed by atoms with Crippen molar-refractivity contribution in [1.29, 1.82) is 0 Å². The topological polar surface area (TPSA) is 81.4 Å². The van der Waals surface area contributed by atoms with Crippen molar-refractivity contribution in [3.8, 4) is 0 Å². The highest BCUT2D eigenvalue weighted by Gasteiger charge is 2.07. The fourth-order valence-corrected chi connectivity index (χ4v) is 1.27. The molecule has 5 nitrogen and oxygen atoms in total. The van der Waals surface area contributed by atoms with Crippen LogP contribution in [-0.2, 0) is 9.53 Å². The molecule has 0 aliphatic carbocycles. The minimum atomic E-state index is -0.422. The number of carbonyl (C=O) groups excluding carboxylic acids is 2. The predicted octanol–water partition coefficient (Wildman–Crippen LogP) is 0.952. The molecule has 0 bridgehead atoms. The summed E-state index contributed by atoms with van der Waals surface area (Å²) in [7, 11) is 1.57. The summed E-state index contributed by atoms with van der Waals surface area (Å²) in [5.41, 5.74) is 6.49. The first-order valence-corrected chi connectivity index (χ1v) is 5.36. The maximum absolute atomic E-state index is 11.5. The van der Waals surface area contributed by atoms with E-state index in [1.165, 1.54) is 0 Å². The lowest BCUT2D eigenvalue weighted by Gasteiger charge is -2.05. The van der Waals surface area contributed by atoms with Gasteiger partial charge in [0.15, 0.2) is 0 Å². The molecule has 1 aromatic rings. The number of nitrogen functional groups attached to an aromatic ring is 1. The number of hydrogen-bond donors (Lipinski definition) is 2. The number of hydrogen-bond acceptors (Lipinski definition) is 4. The third-order valence-electron chi connectivity index (χ3n) is 2.18. The first-order valence-electron chi connectivity index (χ1n) is 5.36. The summed E-state index contributed by atoms with van der Waals surface area (Å²) in [6.45, 7) is 0.223. The lowest BCUT2D eigenvalue weighted by molar-refractivity contribution is -0.120. The summed E-state index contributed by atoms with van der Waals surface area (Å²) in [5.74, 6) is -0.487. The van der Waals surface area contributed by atoms with Crippen molar-refractivity contribution in [2.75, 3.05) is 19.4 Å². The van der Waals surface area contributed by atoms with Gasteiger partial charge in [-0.1, -0.05) is 6.07 Å². The van der Waals surface area contributed by atoms with Crippen LogP contribution in [0.2, 0.25) is 0 Å². The molecular formula is C12H16N2O3. The number of anilines is 1. The molecule has 0 saturated carbocycles. The fraction of sp³-hybridized carbons (Fsp3) is 0.333. The minimum Gasteiger partial charge on any atom is -0.462 e. The van der Waals surface area contributed by atoms with Crippen LogP contribution in [0.3, 0.4) is 0 Å². The standard InChI is InChI=1S/C12H16N2O3/c1-14-11(15)6-3-7-17-12(16)9-4-2-5-10(13)8-9/h2,4-5,8H,3,6-7,13H2,1H3,(H,14,15). The summed E-state index contributed by atoms with van der Waals surface area (Å²) >= 11 is 0. The summed E-state index contributed by atoms with van der Waals surface area (Å²) in [4.78, 5) is 22.4. The van der Waals surface area contributed by atoms with Crippen molar-refractivity contribution >= 4 is 17.6 Å². The van der Waals surface area contributed by atoms with Gasteiger partial charge < -0.3 is 15.8 Å². The maximum Gasteiger partial charge on any atom is 0.338 e. The van der Waals surface area contributed by atoms with E-state index >= 15 is 0 Å². The average Bonchev–Trinajstić information content (AvgIpc) is 2.34. The second-order valence-electron chi connectivity index (χ2n) is 3.54. The largest absolute Gasteiger partial charge is 0.462 e. The molecule has 0 saturated heterocycles. The summed E-state index contributed by atoms with van der Waals surface area (Å²) in [6.07, 6.45) is 0.856. The zero-order chi connectivity index (χ0) is 12.7. The van der Waals surface area contributed by atoms with E-state index in [0.717, 1.165) is 0 Å². The Morgan fingerprint density at radius 1 is 1.41 bits per heavy atom. The number of esters is 1. The highest BCUT2D eigenvalue weighted by Crippen LogP contribution is 2.08. The normalized spacial score (nSPS) is 9.71. The van der Waals surface area contributed by atoms with E-state index < -0.39 is 5.97 Å². The summed E-state index contributed by atoms with van der Waals surface area (Å²) in [6, 6.07) is 6.58. The van der Waals surface area contributed by atoms with Crippen molar-refractivity contribution in [3.05, 3.63) is 29.8 Å². The third-order valence-corrected chi connectivity index (χ3v) is 2.18. The van der Waals surface area contributed by atoms with Crippen LogP contribution in [0, 0.1) is 0 Å². The molecule has 0 radical (unpaired) electrons. The molecule has 1 aromatic carbocycles. The van der Waals surface area contributed by atoms with Crippen molar-refractivity contribution in [2.24, 2.45) is 0 Å². The molecule has 0 atom stereocenters. The van der Waals surface area contributed by atoms with Crippen LogP contribution >= 0.6 is 0 Å². The first kappa shape index (κ1) is 13.0. The Morgan fingerprint density at radius 3 is 2.82 bits per heavy atom. The Balaban J connectivity index is 2.33. The number of rotatable bonds is 5. The monoisotopic (exact) mass is 236 g/mol. The van der Waals surface area contributed by atoms with Crippen molar-refractivity contribution in [2.45, 2.75) is 12.8 Å². The lowest BCUT2D eigenvalue weighted by atomic mass is 10.2. The maximum atomic E-state index is 11.5. The van der Waals surface area contributed by atoms with Gasteiger partial charge in [-0.15, -0.1) is 0 Å². The van der Waals surface area contributed by atoms with Crippen LogP contribution in [0.4, 0.5) is 5.69 Å². The molecule has 17 heavy (non-hydrogen) atoms. The Kier molecular flexibility index (Phi) is 5.00. The molecule has 0 unspecified atom stereocenters. The molecule has 1 amide bonds. The van der Waals surface area contributed by atoms with E-state index in [2.05, 4.69) is 5.32 Å². The average molecular weight is 236 g/mol. The van der Waals surface area contributed by atoms with E-state index in [1.807, 2.05) is 0 Å². The summed E-state index contributed by atoms with van der Waals surface area (Å²) in [5, 5.41) is 2.50. The van der Waals surface area contributed by atoms with Gasteiger partial charge in [0.25, 0.3) is 0 Å². The second-order valence-corrected chi connectivity index (χ2v) is 3.54. The number of nitrogens with one attached hydrogen (secondary N) is 1. The fourth-order valence-electron chi connectivity index (χ4n) is 1.27. The van der Waals surface area contributed by atoms with Crippen LogP contribution < -0.4 is 11.1 Å². The first-order chi connectivity index (χ1) is 8.13. The van der Waals surface area contributed by atoms with E-state index in [-0.39, 0.29) is 12.5 Å². The van der Waals surface area contributed by atoms with Gasteiger partial charge in [0.1, 0.15) is 0 Å². The van der Waals surface area contributed by atoms with E-state index in [4.69, 9.17) is 10.5 Å². The smallest absolute Gasteiger partial charge is 0.338 e. The van der Waals surface area contributed by atoms with E-state index in [1.54, 1.807) is 31.3 Å². The zero-order valence-corrected chi connectivity index (χ0v) is 9.73. The highest BCUT2D eigenvalue weighted by atomic mass is 16.5. The molecule has 0 spiro atoms. The Hall–Kier alpha value is -2.04. The van der Waals surface area contributed by atoms with Gasteiger partial charge in [-0.05, 0) is 24.6 Å². The molecule has 1 rings (SSSR count). The van der Waals surface area contributed by atoms with Crippen LogP contribution in [-0.4, -0.2) is 25.5 Å². The van der Waals surface area contributed by atoms with Gasteiger partial charge in [0.05, 0.1) is 12.2 Å². The molecule has 0 heterocycles. The predicted molar refractivity (Wildman–Crippen MR) is 64.4 cm³/mol. The molecule has 0 aromatic heterocycles. The highest BCUT2D eigenvalue weighted by molar-refractivity contribution is 5.90. The number of carbonyl (C=O) groups is 2. The van der Waals surface area contributed by atoms with Gasteiger partial charge >= 0.3 is 5.97 Å². The lowest BCUT2D eigenvalue weighted by Crippen LogP contribution is -2.18. The Bertz CT molecular complexity index is 404. The van der Waals surface area contributed by atoms with Crippen LogP contribution in [0.15, 0.2) is 24.3 Å². The molecular weight excluding hydrogens is 220 g/mol. The van der Waals surface area contributed by atoms with Crippen LogP contribution in [0.25, 0.3) is 0 Å². The number of ether oxygens (including phenoxy) is 1. The molecule has 92 valence electrons. The van der Waals surface area contributed by atoms with Gasteiger partial charge in [-0.2, -0.15) is 0 Å². The summed E-state index contributed by atoms with van der Waals surface area (Å²) < 4.78 is 5.00. The van der Waals surface area contributed by atoms with Crippen LogP contribution in [0.5, 0.6) is 0 Å². The second kappa shape index (κ2) is 6.52. The van der Waals surface area contributed by atoms with Crippen molar-refractivity contribution in [3.63, 3.8) is 0 Å². The number of benzene rings is 1. The van der Waals surface area contributed by atoms with Crippen molar-refractivity contribution < 1.29 is 14.3 Å².